The normalized spacial score (nSPS) is 22.8. The van der Waals surface area contributed by atoms with Gasteiger partial charge in [-0.2, -0.15) is 11.8 Å². The second-order valence-electron chi connectivity index (χ2n) is 4.40. The second kappa shape index (κ2) is 6.07. The minimum atomic E-state index is 0.405. The van der Waals surface area contributed by atoms with Gasteiger partial charge in [-0.15, -0.1) is 11.3 Å². The highest BCUT2D eigenvalue weighted by molar-refractivity contribution is 8.00. The first kappa shape index (κ1) is 13.2. The van der Waals surface area contributed by atoms with Gasteiger partial charge in [-0.1, -0.05) is 6.92 Å². The van der Waals surface area contributed by atoms with E-state index in [-0.39, 0.29) is 0 Å². The molecule has 0 amide bonds. The van der Waals surface area contributed by atoms with Crippen molar-refractivity contribution in [1.29, 1.82) is 0 Å². The lowest BCUT2D eigenvalue weighted by Crippen LogP contribution is -2.37. The topological polar surface area (TPSA) is 28.2 Å². The first-order valence-corrected chi connectivity index (χ1v) is 8.10. The maximum Gasteiger partial charge on any atom is 0.185 e. The van der Waals surface area contributed by atoms with Crippen LogP contribution in [0.15, 0.2) is 6.20 Å². The van der Waals surface area contributed by atoms with Crippen LogP contribution in [0.2, 0.25) is 0 Å². The van der Waals surface area contributed by atoms with Crippen molar-refractivity contribution in [1.82, 2.24) is 10.3 Å². The molecule has 1 aliphatic heterocycles. The Balaban J connectivity index is 2.04. The molecule has 0 aliphatic carbocycles. The predicted molar refractivity (Wildman–Crippen MR) is 78.3 cm³/mol. The Morgan fingerprint density at radius 2 is 2.47 bits per heavy atom. The van der Waals surface area contributed by atoms with E-state index in [0.717, 1.165) is 18.3 Å². The average Bonchev–Trinajstić information content (AvgIpc) is 2.87. The van der Waals surface area contributed by atoms with Crippen LogP contribution in [0.1, 0.15) is 31.2 Å². The highest BCUT2D eigenvalue weighted by atomic mass is 32.2. The number of thiazole rings is 1. The molecule has 1 fully saturated rings. The van der Waals surface area contributed by atoms with Crippen LogP contribution in [0.4, 0.5) is 5.13 Å². The van der Waals surface area contributed by atoms with Gasteiger partial charge in [0.05, 0.1) is 0 Å². The molecule has 2 unspecified atom stereocenters. The minimum Gasteiger partial charge on any atom is -0.346 e. The summed E-state index contributed by atoms with van der Waals surface area (Å²) in [5.74, 6) is 1.23. The molecule has 2 rings (SSSR count). The number of rotatable bonds is 4. The molecule has 1 aliphatic rings. The maximum atomic E-state index is 4.57. The summed E-state index contributed by atoms with van der Waals surface area (Å²) in [5.41, 5.74) is 0. The van der Waals surface area contributed by atoms with Crippen LogP contribution in [0.25, 0.3) is 0 Å². The lowest BCUT2D eigenvalue weighted by Gasteiger charge is -2.31. The number of anilines is 1. The smallest absolute Gasteiger partial charge is 0.185 e. The second-order valence-corrected chi connectivity index (χ2v) is 6.85. The Morgan fingerprint density at radius 3 is 3.18 bits per heavy atom. The summed E-state index contributed by atoms with van der Waals surface area (Å²) in [5, 5.41) is 5.24. The Morgan fingerprint density at radius 1 is 1.65 bits per heavy atom. The van der Waals surface area contributed by atoms with E-state index in [1.807, 2.05) is 24.6 Å². The van der Waals surface area contributed by atoms with Crippen LogP contribution in [-0.2, 0) is 0 Å². The third-order valence-corrected chi connectivity index (χ3v) is 5.85. The number of hydrogen-bond donors (Lipinski definition) is 1. The van der Waals surface area contributed by atoms with E-state index >= 15 is 0 Å². The Hall–Kier alpha value is -0.260. The van der Waals surface area contributed by atoms with Crippen molar-refractivity contribution in [2.45, 2.75) is 31.6 Å². The zero-order valence-corrected chi connectivity index (χ0v) is 12.4. The quantitative estimate of drug-likeness (QED) is 0.911. The summed E-state index contributed by atoms with van der Waals surface area (Å²) in [6.45, 7) is 6.75. The lowest BCUT2D eigenvalue weighted by atomic mass is 10.3. The van der Waals surface area contributed by atoms with Crippen LogP contribution in [0.3, 0.4) is 0 Å². The van der Waals surface area contributed by atoms with Gasteiger partial charge >= 0.3 is 0 Å². The highest BCUT2D eigenvalue weighted by Gasteiger charge is 2.21. The van der Waals surface area contributed by atoms with Gasteiger partial charge in [0.15, 0.2) is 5.13 Å². The molecule has 2 atom stereocenters. The molecule has 17 heavy (non-hydrogen) atoms. The molecule has 3 nitrogen and oxygen atoms in total. The van der Waals surface area contributed by atoms with Crippen molar-refractivity contribution in [3.05, 3.63) is 11.1 Å². The Kier molecular flexibility index (Phi) is 4.70. The largest absolute Gasteiger partial charge is 0.346 e. The van der Waals surface area contributed by atoms with E-state index in [2.05, 4.69) is 40.8 Å². The van der Waals surface area contributed by atoms with Crippen LogP contribution >= 0.6 is 23.1 Å². The van der Waals surface area contributed by atoms with Gasteiger partial charge in [0, 0.05) is 41.2 Å². The fourth-order valence-corrected chi connectivity index (χ4v) is 4.10. The predicted octanol–water partition coefficient (Wildman–Crippen LogP) is 2.76. The van der Waals surface area contributed by atoms with E-state index < -0.39 is 0 Å². The number of nitrogens with zero attached hydrogens (tertiary/aromatic N) is 2. The Bertz CT molecular complexity index is 353. The fraction of sp³-hybridized carbons (Fsp3) is 0.750. The molecule has 96 valence electrons. The van der Waals surface area contributed by atoms with Gasteiger partial charge in [0.1, 0.15) is 0 Å². The van der Waals surface area contributed by atoms with Crippen molar-refractivity contribution in [3.63, 3.8) is 0 Å². The third kappa shape index (κ3) is 3.14. The number of nitrogens with one attached hydrogen (secondary N) is 1. The molecular weight excluding hydrogens is 250 g/mol. The van der Waals surface area contributed by atoms with E-state index in [0.29, 0.717) is 6.04 Å². The summed E-state index contributed by atoms with van der Waals surface area (Å²) in [6, 6.07) is 0.405. The minimum absolute atomic E-state index is 0.405. The van der Waals surface area contributed by atoms with Gasteiger partial charge in [-0.05, 0) is 20.4 Å². The summed E-state index contributed by atoms with van der Waals surface area (Å²) < 4.78 is 0. The van der Waals surface area contributed by atoms with Crippen molar-refractivity contribution in [2.75, 3.05) is 30.8 Å². The summed E-state index contributed by atoms with van der Waals surface area (Å²) >= 11 is 3.93. The van der Waals surface area contributed by atoms with Gasteiger partial charge < -0.3 is 10.2 Å². The number of aromatic nitrogens is 1. The molecule has 1 aromatic rings. The van der Waals surface area contributed by atoms with E-state index in [1.54, 1.807) is 0 Å². The van der Waals surface area contributed by atoms with Gasteiger partial charge in [-0.3, -0.25) is 0 Å². The van der Waals surface area contributed by atoms with Crippen molar-refractivity contribution >= 4 is 28.2 Å². The molecule has 1 N–H and O–H groups in total. The van der Waals surface area contributed by atoms with Crippen molar-refractivity contribution in [3.8, 4) is 0 Å². The lowest BCUT2D eigenvalue weighted by molar-refractivity contribution is 0.662. The molecule has 0 radical (unpaired) electrons. The van der Waals surface area contributed by atoms with Crippen LogP contribution in [0.5, 0.6) is 0 Å². The van der Waals surface area contributed by atoms with Crippen LogP contribution in [0, 0.1) is 0 Å². The SMILES string of the molecule is CCC1CN(c2ncc(C(C)NC)s2)CCS1. The maximum absolute atomic E-state index is 4.57. The fourth-order valence-electron chi connectivity index (χ4n) is 1.91. The summed E-state index contributed by atoms with van der Waals surface area (Å²) in [7, 11) is 1.99. The molecule has 0 bridgehead atoms. The first-order chi connectivity index (χ1) is 8.24. The highest BCUT2D eigenvalue weighted by Crippen LogP contribution is 2.30. The van der Waals surface area contributed by atoms with Crippen molar-refractivity contribution in [2.24, 2.45) is 0 Å². The molecule has 1 saturated heterocycles. The van der Waals surface area contributed by atoms with Gasteiger partial charge in [0.2, 0.25) is 0 Å². The molecule has 0 spiro atoms. The molecule has 0 saturated carbocycles. The molecule has 1 aromatic heterocycles. The zero-order chi connectivity index (χ0) is 12.3. The number of hydrogen-bond acceptors (Lipinski definition) is 5. The average molecular weight is 271 g/mol. The standard InChI is InChI=1S/C12H21N3S2/c1-4-10-8-15(5-6-16-10)12-14-7-11(17-12)9(2)13-3/h7,9-10,13H,4-6,8H2,1-3H3. The molecule has 5 heteroatoms. The van der Waals surface area contributed by atoms with Crippen molar-refractivity contribution < 1.29 is 0 Å². The molecule has 2 heterocycles. The molecule has 0 aromatic carbocycles. The van der Waals surface area contributed by atoms with Crippen LogP contribution < -0.4 is 10.2 Å². The van der Waals surface area contributed by atoms with E-state index in [4.69, 9.17) is 0 Å². The summed E-state index contributed by atoms with van der Waals surface area (Å²) in [4.78, 5) is 8.35. The monoisotopic (exact) mass is 271 g/mol. The molecular formula is C12H21N3S2. The van der Waals surface area contributed by atoms with Crippen LogP contribution in [-0.4, -0.2) is 36.1 Å². The zero-order valence-electron chi connectivity index (χ0n) is 10.8. The van der Waals surface area contributed by atoms with Gasteiger partial charge in [0.25, 0.3) is 0 Å². The van der Waals surface area contributed by atoms with E-state index in [9.17, 15) is 0 Å². The summed E-state index contributed by atoms with van der Waals surface area (Å²) in [6.07, 6.45) is 3.27. The number of thioether (sulfide) groups is 1. The van der Waals surface area contributed by atoms with E-state index in [1.165, 1.54) is 22.2 Å². The Labute approximate surface area is 112 Å². The van der Waals surface area contributed by atoms with Gasteiger partial charge in [-0.25, -0.2) is 4.98 Å². The first-order valence-electron chi connectivity index (χ1n) is 6.24. The third-order valence-electron chi connectivity index (χ3n) is 3.24.